The van der Waals surface area contributed by atoms with E-state index >= 15 is 0 Å². The van der Waals surface area contributed by atoms with Crippen molar-refractivity contribution in [2.24, 2.45) is 5.92 Å². The minimum atomic E-state index is 0.152. The molecule has 3 heterocycles. The van der Waals surface area contributed by atoms with Gasteiger partial charge in [0.2, 0.25) is 0 Å². The van der Waals surface area contributed by atoms with Crippen molar-refractivity contribution in [3.05, 3.63) is 0 Å². The smallest absolute Gasteiger partial charge is 0.0625 e. The summed E-state index contributed by atoms with van der Waals surface area (Å²) in [5.41, 5.74) is 0.152. The molecule has 3 atom stereocenters. The Kier molecular flexibility index (Phi) is 1.70. The Hall–Kier alpha value is -0.120. The summed E-state index contributed by atoms with van der Waals surface area (Å²) in [5.74, 6) is 0.701. The zero-order valence-electron chi connectivity index (χ0n) is 7.91. The molecule has 74 valence electrons. The fraction of sp³-hybridized carbons (Fsp3) is 1.00. The van der Waals surface area contributed by atoms with Gasteiger partial charge in [0, 0.05) is 17.5 Å². The maximum Gasteiger partial charge on any atom is 0.0625 e. The molecule has 3 aliphatic heterocycles. The van der Waals surface area contributed by atoms with Crippen molar-refractivity contribution in [1.82, 2.24) is 4.90 Å². The molecule has 0 saturated carbocycles. The highest BCUT2D eigenvalue weighted by Crippen LogP contribution is 2.46. The van der Waals surface area contributed by atoms with Crippen LogP contribution in [0, 0.1) is 5.92 Å². The average Bonchev–Trinajstić information content (AvgIpc) is 2.72. The third-order valence-corrected chi connectivity index (χ3v) is 4.15. The molecule has 0 spiro atoms. The molecule has 1 N–H and O–H groups in total. The summed E-state index contributed by atoms with van der Waals surface area (Å²) in [7, 11) is 0. The molecule has 3 fully saturated rings. The van der Waals surface area contributed by atoms with E-state index in [0.717, 1.165) is 19.6 Å². The fourth-order valence-electron chi connectivity index (χ4n) is 3.55. The van der Waals surface area contributed by atoms with Crippen molar-refractivity contribution >= 4 is 0 Å². The second kappa shape index (κ2) is 2.69. The molecule has 3 nitrogen and oxygen atoms in total. The Morgan fingerprint density at radius 2 is 2.38 bits per heavy atom. The van der Waals surface area contributed by atoms with Gasteiger partial charge in [-0.3, -0.25) is 4.90 Å². The number of aliphatic hydroxyl groups is 1. The van der Waals surface area contributed by atoms with Crippen molar-refractivity contribution in [3.8, 4) is 0 Å². The van der Waals surface area contributed by atoms with E-state index in [0.29, 0.717) is 18.6 Å². The highest BCUT2D eigenvalue weighted by Gasteiger charge is 2.55. The Morgan fingerprint density at radius 1 is 1.46 bits per heavy atom. The van der Waals surface area contributed by atoms with Crippen LogP contribution in [0.15, 0.2) is 0 Å². The van der Waals surface area contributed by atoms with E-state index in [4.69, 9.17) is 4.74 Å². The number of rotatable bonds is 1. The van der Waals surface area contributed by atoms with Gasteiger partial charge >= 0.3 is 0 Å². The number of fused-ring (bicyclic) bond motifs is 3. The monoisotopic (exact) mass is 183 g/mol. The zero-order chi connectivity index (χ0) is 8.89. The SMILES string of the molecule is OC[C@@]12CCCN1[C@@H]1COC[C@@H]1C2. The summed E-state index contributed by atoms with van der Waals surface area (Å²) in [4.78, 5) is 2.52. The molecule has 0 aliphatic carbocycles. The van der Waals surface area contributed by atoms with Gasteiger partial charge in [-0.05, 0) is 25.8 Å². The summed E-state index contributed by atoms with van der Waals surface area (Å²) >= 11 is 0. The van der Waals surface area contributed by atoms with Gasteiger partial charge in [-0.25, -0.2) is 0 Å². The predicted molar refractivity (Wildman–Crippen MR) is 48.5 cm³/mol. The number of nitrogens with zero attached hydrogens (tertiary/aromatic N) is 1. The van der Waals surface area contributed by atoms with Gasteiger partial charge in [0.1, 0.15) is 0 Å². The lowest BCUT2D eigenvalue weighted by Gasteiger charge is -2.32. The van der Waals surface area contributed by atoms with E-state index in [9.17, 15) is 5.11 Å². The van der Waals surface area contributed by atoms with Gasteiger partial charge in [-0.1, -0.05) is 0 Å². The first-order chi connectivity index (χ1) is 6.36. The average molecular weight is 183 g/mol. The first-order valence-corrected chi connectivity index (χ1v) is 5.31. The van der Waals surface area contributed by atoms with E-state index in [-0.39, 0.29) is 5.54 Å². The second-order valence-electron chi connectivity index (χ2n) is 4.75. The minimum Gasteiger partial charge on any atom is -0.394 e. The van der Waals surface area contributed by atoms with Crippen LogP contribution in [-0.2, 0) is 4.74 Å². The molecule has 0 amide bonds. The van der Waals surface area contributed by atoms with E-state index in [1.165, 1.54) is 19.4 Å². The van der Waals surface area contributed by atoms with Gasteiger partial charge in [-0.2, -0.15) is 0 Å². The molecule has 3 heteroatoms. The molecule has 0 aromatic heterocycles. The van der Waals surface area contributed by atoms with Crippen LogP contribution in [0.4, 0.5) is 0 Å². The van der Waals surface area contributed by atoms with Crippen LogP contribution in [0.2, 0.25) is 0 Å². The Bertz CT molecular complexity index is 221. The van der Waals surface area contributed by atoms with Gasteiger partial charge in [0.15, 0.2) is 0 Å². The highest BCUT2D eigenvalue weighted by molar-refractivity contribution is 5.09. The van der Waals surface area contributed by atoms with Crippen molar-refractivity contribution < 1.29 is 9.84 Å². The fourth-order valence-corrected chi connectivity index (χ4v) is 3.55. The third kappa shape index (κ3) is 0.953. The van der Waals surface area contributed by atoms with Crippen molar-refractivity contribution in [3.63, 3.8) is 0 Å². The number of aliphatic hydroxyl groups excluding tert-OH is 1. The summed E-state index contributed by atoms with van der Waals surface area (Å²) in [5, 5.41) is 9.50. The van der Waals surface area contributed by atoms with Gasteiger partial charge in [-0.15, -0.1) is 0 Å². The molecule has 0 aromatic carbocycles. The molecular weight excluding hydrogens is 166 g/mol. The number of hydrogen-bond donors (Lipinski definition) is 1. The van der Waals surface area contributed by atoms with Crippen LogP contribution in [0.25, 0.3) is 0 Å². The lowest BCUT2D eigenvalue weighted by atomic mass is 9.90. The topological polar surface area (TPSA) is 32.7 Å². The lowest BCUT2D eigenvalue weighted by Crippen LogP contribution is -2.45. The van der Waals surface area contributed by atoms with Crippen molar-refractivity contribution in [2.45, 2.75) is 30.8 Å². The van der Waals surface area contributed by atoms with Crippen LogP contribution in [0.3, 0.4) is 0 Å². The largest absolute Gasteiger partial charge is 0.394 e. The first kappa shape index (κ1) is 8.21. The summed E-state index contributed by atoms with van der Waals surface area (Å²) in [6.45, 7) is 3.33. The highest BCUT2D eigenvalue weighted by atomic mass is 16.5. The molecule has 0 unspecified atom stereocenters. The number of hydrogen-bond acceptors (Lipinski definition) is 3. The molecule has 13 heavy (non-hydrogen) atoms. The van der Waals surface area contributed by atoms with Gasteiger partial charge in [0.25, 0.3) is 0 Å². The van der Waals surface area contributed by atoms with Crippen LogP contribution in [0.5, 0.6) is 0 Å². The summed E-state index contributed by atoms with van der Waals surface area (Å²) in [6.07, 6.45) is 3.61. The lowest BCUT2D eigenvalue weighted by molar-refractivity contribution is 0.0529. The normalized spacial score (nSPS) is 49.6. The summed E-state index contributed by atoms with van der Waals surface area (Å²) in [6, 6.07) is 0.620. The van der Waals surface area contributed by atoms with Crippen LogP contribution in [-0.4, -0.2) is 48.0 Å². The molecular formula is C10H17NO2. The van der Waals surface area contributed by atoms with Gasteiger partial charge in [0.05, 0.1) is 19.8 Å². The second-order valence-corrected chi connectivity index (χ2v) is 4.75. The maximum absolute atomic E-state index is 9.50. The minimum absolute atomic E-state index is 0.152. The quantitative estimate of drug-likeness (QED) is 0.632. The van der Waals surface area contributed by atoms with E-state index in [1.54, 1.807) is 0 Å². The Morgan fingerprint density at radius 3 is 3.23 bits per heavy atom. The Balaban J connectivity index is 1.89. The molecule has 3 saturated heterocycles. The van der Waals surface area contributed by atoms with E-state index in [1.807, 2.05) is 0 Å². The standard InChI is InChI=1S/C10H17NO2/c12-7-10-2-1-3-11(10)9-6-13-5-8(9)4-10/h8-9,12H,1-7H2/t8-,9+,10-/m0/s1. The van der Waals surface area contributed by atoms with Crippen LogP contribution >= 0.6 is 0 Å². The first-order valence-electron chi connectivity index (χ1n) is 5.31. The number of ether oxygens (including phenoxy) is 1. The zero-order valence-corrected chi connectivity index (χ0v) is 7.91. The maximum atomic E-state index is 9.50. The van der Waals surface area contributed by atoms with Crippen molar-refractivity contribution in [2.75, 3.05) is 26.4 Å². The molecule has 0 bridgehead atoms. The van der Waals surface area contributed by atoms with Crippen LogP contribution < -0.4 is 0 Å². The van der Waals surface area contributed by atoms with E-state index in [2.05, 4.69) is 4.90 Å². The van der Waals surface area contributed by atoms with Crippen LogP contribution in [0.1, 0.15) is 19.3 Å². The van der Waals surface area contributed by atoms with Gasteiger partial charge < -0.3 is 9.84 Å². The third-order valence-electron chi connectivity index (χ3n) is 4.15. The molecule has 0 radical (unpaired) electrons. The molecule has 3 rings (SSSR count). The molecule has 3 aliphatic rings. The van der Waals surface area contributed by atoms with E-state index < -0.39 is 0 Å². The Labute approximate surface area is 78.7 Å². The predicted octanol–water partition coefficient (Wildman–Crippen LogP) is 0.232. The molecule has 0 aromatic rings. The van der Waals surface area contributed by atoms with Crippen molar-refractivity contribution in [1.29, 1.82) is 0 Å². The summed E-state index contributed by atoms with van der Waals surface area (Å²) < 4.78 is 5.49.